The Balaban J connectivity index is 1.54. The Kier molecular flexibility index (Phi) is 8.79. The van der Waals surface area contributed by atoms with Gasteiger partial charge in [-0.3, -0.25) is 19.7 Å². The molecule has 0 saturated carbocycles. The molecule has 2 N–H and O–H groups in total. The van der Waals surface area contributed by atoms with Crippen LogP contribution >= 0.6 is 11.8 Å². The lowest BCUT2D eigenvalue weighted by molar-refractivity contribution is -0.384. The maximum absolute atomic E-state index is 12.4. The molecule has 0 radical (unpaired) electrons. The second-order valence-electron chi connectivity index (χ2n) is 7.54. The van der Waals surface area contributed by atoms with E-state index < -0.39 is 4.92 Å². The molecule has 2 amide bonds. The van der Waals surface area contributed by atoms with Gasteiger partial charge in [0.1, 0.15) is 5.75 Å². The van der Waals surface area contributed by atoms with Gasteiger partial charge >= 0.3 is 0 Å². The monoisotopic (exact) mass is 498 g/mol. The molecule has 0 unspecified atom stereocenters. The highest BCUT2D eigenvalue weighted by Gasteiger charge is 2.16. The van der Waals surface area contributed by atoms with Gasteiger partial charge in [-0.05, 0) is 37.1 Å². The smallest absolute Gasteiger partial charge is 0.271 e. The van der Waals surface area contributed by atoms with Crippen LogP contribution in [0, 0.1) is 17.0 Å². The Bertz CT molecular complexity index is 1210. The van der Waals surface area contributed by atoms with Crippen LogP contribution in [0.1, 0.15) is 23.9 Å². The van der Waals surface area contributed by atoms with Crippen LogP contribution in [0.15, 0.2) is 47.6 Å². The van der Waals surface area contributed by atoms with Gasteiger partial charge in [0, 0.05) is 18.7 Å². The lowest BCUT2D eigenvalue weighted by Crippen LogP contribution is -2.26. The Morgan fingerprint density at radius 2 is 1.89 bits per heavy atom. The van der Waals surface area contributed by atoms with Crippen molar-refractivity contribution in [1.29, 1.82) is 0 Å². The molecule has 1 aromatic heterocycles. The molecule has 12 heteroatoms. The first kappa shape index (κ1) is 25.7. The average Bonchev–Trinajstić information content (AvgIpc) is 3.25. The molecule has 3 rings (SSSR count). The molecule has 0 atom stereocenters. The van der Waals surface area contributed by atoms with E-state index in [-0.39, 0.29) is 36.2 Å². The summed E-state index contributed by atoms with van der Waals surface area (Å²) in [4.78, 5) is 35.2. The van der Waals surface area contributed by atoms with Gasteiger partial charge in [0.2, 0.25) is 11.8 Å². The second-order valence-corrected chi connectivity index (χ2v) is 8.48. The molecule has 0 spiro atoms. The van der Waals surface area contributed by atoms with Crippen LogP contribution in [0.25, 0.3) is 0 Å². The number of hydrogen-bond acceptors (Lipinski definition) is 8. The van der Waals surface area contributed by atoms with Crippen molar-refractivity contribution in [3.05, 3.63) is 69.5 Å². The summed E-state index contributed by atoms with van der Waals surface area (Å²) in [6.45, 7) is 4.44. The fourth-order valence-corrected chi connectivity index (χ4v) is 4.04. The van der Waals surface area contributed by atoms with Crippen molar-refractivity contribution in [2.45, 2.75) is 38.5 Å². The lowest BCUT2D eigenvalue weighted by atomic mass is 10.1. The summed E-state index contributed by atoms with van der Waals surface area (Å²) in [6, 6.07) is 11.6. The Morgan fingerprint density at radius 1 is 1.14 bits per heavy atom. The first-order valence-electron chi connectivity index (χ1n) is 10.8. The number of rotatable bonds is 11. The zero-order valence-corrected chi connectivity index (χ0v) is 20.4. The fourth-order valence-electron chi connectivity index (χ4n) is 3.22. The van der Waals surface area contributed by atoms with Crippen LogP contribution < -0.4 is 15.4 Å². The topological polar surface area (TPSA) is 141 Å². The van der Waals surface area contributed by atoms with E-state index in [0.717, 1.165) is 16.9 Å². The number of amides is 2. The summed E-state index contributed by atoms with van der Waals surface area (Å²) in [7, 11) is 1.59. The molecule has 0 saturated heterocycles. The summed E-state index contributed by atoms with van der Waals surface area (Å²) in [5.74, 6) is 0.877. The minimum absolute atomic E-state index is 0.0457. The lowest BCUT2D eigenvalue weighted by Gasteiger charge is -2.10. The second kappa shape index (κ2) is 12.0. The SMILES string of the molecule is CCn1c(CNC(=O)Cc2ccc(OC)cc2)nnc1SCC(=O)Nc1cc([N+](=O)[O-])ccc1C. The molecule has 0 aliphatic heterocycles. The van der Waals surface area contributed by atoms with Gasteiger partial charge < -0.3 is 19.9 Å². The molecule has 0 bridgehead atoms. The number of hydrogen-bond donors (Lipinski definition) is 2. The van der Waals surface area contributed by atoms with Crippen molar-refractivity contribution < 1.29 is 19.2 Å². The summed E-state index contributed by atoms with van der Waals surface area (Å²) >= 11 is 1.20. The number of nitrogens with one attached hydrogen (secondary N) is 2. The molecule has 35 heavy (non-hydrogen) atoms. The number of nitro groups is 1. The maximum atomic E-state index is 12.4. The van der Waals surface area contributed by atoms with Crippen molar-refractivity contribution in [3.8, 4) is 5.75 Å². The van der Waals surface area contributed by atoms with E-state index in [1.807, 2.05) is 23.6 Å². The average molecular weight is 499 g/mol. The van der Waals surface area contributed by atoms with Crippen LogP contribution in [-0.2, 0) is 29.1 Å². The summed E-state index contributed by atoms with van der Waals surface area (Å²) in [5, 5.41) is 25.4. The quantitative estimate of drug-likeness (QED) is 0.233. The highest BCUT2D eigenvalue weighted by Crippen LogP contribution is 2.23. The Labute approximate surface area is 206 Å². The largest absolute Gasteiger partial charge is 0.497 e. The number of nitro benzene ring substituents is 1. The number of methoxy groups -OCH3 is 1. The number of nitrogens with zero attached hydrogens (tertiary/aromatic N) is 4. The standard InChI is InChI=1S/C23H26N6O5S/c1-4-28-20(13-24-21(30)11-16-6-9-18(34-3)10-7-16)26-27-23(28)35-14-22(31)25-19-12-17(29(32)33)8-5-15(19)2/h5-10,12H,4,11,13-14H2,1-3H3,(H,24,30)(H,25,31). The van der Waals surface area contributed by atoms with Crippen molar-refractivity contribution in [1.82, 2.24) is 20.1 Å². The summed E-state index contributed by atoms with van der Waals surface area (Å²) in [5.41, 5.74) is 1.88. The van der Waals surface area contributed by atoms with Gasteiger partial charge in [-0.15, -0.1) is 10.2 Å². The van der Waals surface area contributed by atoms with Crippen LogP contribution in [0.5, 0.6) is 5.75 Å². The van der Waals surface area contributed by atoms with Crippen molar-refractivity contribution in [2.75, 3.05) is 18.2 Å². The van der Waals surface area contributed by atoms with E-state index in [1.165, 1.54) is 23.9 Å². The molecular formula is C23H26N6O5S. The number of aryl methyl sites for hydroxylation is 1. The van der Waals surface area contributed by atoms with E-state index in [0.29, 0.717) is 23.2 Å². The fraction of sp³-hybridized carbons (Fsp3) is 0.304. The molecule has 11 nitrogen and oxygen atoms in total. The van der Waals surface area contributed by atoms with Crippen LogP contribution in [0.4, 0.5) is 11.4 Å². The first-order valence-corrected chi connectivity index (χ1v) is 11.8. The van der Waals surface area contributed by atoms with Gasteiger partial charge in [0.05, 0.1) is 36.4 Å². The highest BCUT2D eigenvalue weighted by atomic mass is 32.2. The Morgan fingerprint density at radius 3 is 2.54 bits per heavy atom. The third-order valence-corrected chi connectivity index (χ3v) is 6.08. The third-order valence-electron chi connectivity index (χ3n) is 5.12. The minimum Gasteiger partial charge on any atom is -0.497 e. The van der Waals surface area contributed by atoms with Crippen molar-refractivity contribution in [3.63, 3.8) is 0 Å². The van der Waals surface area contributed by atoms with Crippen molar-refractivity contribution >= 4 is 35.0 Å². The number of aromatic nitrogens is 3. The minimum atomic E-state index is -0.509. The summed E-state index contributed by atoms with van der Waals surface area (Å²) < 4.78 is 6.94. The molecular weight excluding hydrogens is 472 g/mol. The van der Waals surface area contributed by atoms with E-state index in [1.54, 1.807) is 32.2 Å². The van der Waals surface area contributed by atoms with Gasteiger partial charge in [-0.25, -0.2) is 0 Å². The number of non-ortho nitro benzene ring substituents is 1. The van der Waals surface area contributed by atoms with Crippen LogP contribution in [-0.4, -0.2) is 44.4 Å². The predicted octanol–water partition coefficient (Wildman–Crippen LogP) is 3.11. The molecule has 0 fully saturated rings. The number of carbonyl (C=O) groups excluding carboxylic acids is 2. The van der Waals surface area contributed by atoms with Gasteiger partial charge in [-0.1, -0.05) is 30.0 Å². The van der Waals surface area contributed by atoms with Crippen molar-refractivity contribution in [2.24, 2.45) is 0 Å². The third kappa shape index (κ3) is 7.03. The number of benzene rings is 2. The van der Waals surface area contributed by atoms with Gasteiger partial charge in [0.25, 0.3) is 5.69 Å². The van der Waals surface area contributed by atoms with E-state index in [2.05, 4.69) is 20.8 Å². The van der Waals surface area contributed by atoms with E-state index in [4.69, 9.17) is 4.74 Å². The van der Waals surface area contributed by atoms with Gasteiger partial charge in [-0.2, -0.15) is 0 Å². The number of ether oxygens (including phenoxy) is 1. The normalized spacial score (nSPS) is 10.6. The maximum Gasteiger partial charge on any atom is 0.271 e. The van der Waals surface area contributed by atoms with Crippen LogP contribution in [0.3, 0.4) is 0 Å². The number of carbonyl (C=O) groups is 2. The molecule has 0 aliphatic rings. The van der Waals surface area contributed by atoms with E-state index in [9.17, 15) is 19.7 Å². The van der Waals surface area contributed by atoms with Gasteiger partial charge in [0.15, 0.2) is 11.0 Å². The Hall–Kier alpha value is -3.93. The number of anilines is 1. The highest BCUT2D eigenvalue weighted by molar-refractivity contribution is 7.99. The predicted molar refractivity (Wildman–Crippen MR) is 131 cm³/mol. The molecule has 184 valence electrons. The zero-order valence-electron chi connectivity index (χ0n) is 19.6. The first-order chi connectivity index (χ1) is 16.8. The molecule has 1 heterocycles. The van der Waals surface area contributed by atoms with Crippen LogP contribution in [0.2, 0.25) is 0 Å². The van der Waals surface area contributed by atoms with E-state index >= 15 is 0 Å². The number of thioether (sulfide) groups is 1. The molecule has 2 aromatic carbocycles. The summed E-state index contributed by atoms with van der Waals surface area (Å²) in [6.07, 6.45) is 0.225. The molecule has 0 aliphatic carbocycles. The molecule has 3 aromatic rings. The zero-order chi connectivity index (χ0) is 25.4.